The third kappa shape index (κ3) is 35.0. The van der Waals surface area contributed by atoms with Crippen molar-refractivity contribution in [2.45, 2.75) is 193 Å². The summed E-state index contributed by atoms with van der Waals surface area (Å²) in [4.78, 5) is 36.7. The molecule has 0 aromatic rings. The molecule has 0 aliphatic rings. The third-order valence-corrected chi connectivity index (χ3v) is 9.51. The summed E-state index contributed by atoms with van der Waals surface area (Å²) in [7, 11) is 5.39. The SMILES string of the molecule is CCCCCCCC/C=C/C/C=C/CCC(=O)OCC(COCCC(C(=O)[O-])[N+](C)(C)C)OC(=O)CCCCCCC/C=C/CCCCCCCCC. The molecule has 0 rings (SSSR count). The van der Waals surface area contributed by atoms with E-state index in [2.05, 4.69) is 44.2 Å². The summed E-state index contributed by atoms with van der Waals surface area (Å²) in [5, 5.41) is 11.6. The van der Waals surface area contributed by atoms with E-state index in [-0.39, 0.29) is 49.1 Å². The molecule has 308 valence electrons. The topological polar surface area (TPSA) is 102 Å². The number of carboxylic acids is 1. The van der Waals surface area contributed by atoms with Gasteiger partial charge < -0.3 is 28.6 Å². The molecule has 2 unspecified atom stereocenters. The number of carbonyl (C=O) groups is 3. The fourth-order valence-electron chi connectivity index (χ4n) is 6.12. The number of ether oxygens (including phenoxy) is 3. The number of carbonyl (C=O) groups excluding carboxylic acids is 3. The van der Waals surface area contributed by atoms with Crippen molar-refractivity contribution in [2.24, 2.45) is 0 Å². The van der Waals surface area contributed by atoms with Crippen LogP contribution in [0.15, 0.2) is 36.5 Å². The van der Waals surface area contributed by atoms with Crippen LogP contribution in [0.2, 0.25) is 0 Å². The van der Waals surface area contributed by atoms with Crippen molar-refractivity contribution in [3.8, 4) is 0 Å². The number of rotatable bonds is 38. The second kappa shape index (κ2) is 36.5. The molecule has 0 heterocycles. The predicted octanol–water partition coefficient (Wildman–Crippen LogP) is 10.1. The Bertz CT molecular complexity index is 968. The monoisotopic (exact) mass is 748 g/mol. The highest BCUT2D eigenvalue weighted by atomic mass is 16.6. The Morgan fingerprint density at radius 1 is 0.566 bits per heavy atom. The van der Waals surface area contributed by atoms with E-state index < -0.39 is 18.1 Å². The van der Waals surface area contributed by atoms with Gasteiger partial charge in [0, 0.05) is 19.3 Å². The van der Waals surface area contributed by atoms with E-state index in [1.54, 1.807) is 21.1 Å². The second-order valence-electron chi connectivity index (χ2n) is 15.6. The van der Waals surface area contributed by atoms with Crippen molar-refractivity contribution >= 4 is 17.9 Å². The molecule has 0 fully saturated rings. The first kappa shape index (κ1) is 50.5. The summed E-state index contributed by atoms with van der Waals surface area (Å²) in [5.41, 5.74) is 0. The number of aliphatic carboxylic acids is 1. The highest BCUT2D eigenvalue weighted by Crippen LogP contribution is 2.13. The number of carboxylic acid groups (broad SMARTS) is 1. The van der Waals surface area contributed by atoms with Crippen LogP contribution in [0.4, 0.5) is 0 Å². The van der Waals surface area contributed by atoms with Gasteiger partial charge >= 0.3 is 11.9 Å². The van der Waals surface area contributed by atoms with Crippen LogP contribution in [-0.4, -0.2) is 75.5 Å². The lowest BCUT2D eigenvalue weighted by atomic mass is 10.1. The molecular weight excluding hydrogens is 666 g/mol. The Morgan fingerprint density at radius 2 is 1.04 bits per heavy atom. The summed E-state index contributed by atoms with van der Waals surface area (Å²) in [6, 6.07) is -0.733. The van der Waals surface area contributed by atoms with Crippen molar-refractivity contribution in [3.63, 3.8) is 0 Å². The van der Waals surface area contributed by atoms with Gasteiger partial charge in [0.15, 0.2) is 6.10 Å². The van der Waals surface area contributed by atoms with Gasteiger partial charge in [-0.15, -0.1) is 0 Å². The Morgan fingerprint density at radius 3 is 1.55 bits per heavy atom. The van der Waals surface area contributed by atoms with Gasteiger partial charge in [-0.05, 0) is 57.8 Å². The van der Waals surface area contributed by atoms with E-state index in [9.17, 15) is 19.5 Å². The first-order chi connectivity index (χ1) is 25.6. The van der Waals surface area contributed by atoms with Crippen LogP contribution >= 0.6 is 0 Å². The van der Waals surface area contributed by atoms with Gasteiger partial charge in [0.05, 0.1) is 40.3 Å². The van der Waals surface area contributed by atoms with Gasteiger partial charge in [-0.3, -0.25) is 9.59 Å². The fraction of sp³-hybridized carbons (Fsp3) is 0.800. The van der Waals surface area contributed by atoms with Gasteiger partial charge in [-0.1, -0.05) is 140 Å². The minimum absolute atomic E-state index is 0.0212. The fourth-order valence-corrected chi connectivity index (χ4v) is 6.12. The second-order valence-corrected chi connectivity index (χ2v) is 15.6. The highest BCUT2D eigenvalue weighted by molar-refractivity contribution is 5.70. The Labute approximate surface area is 325 Å². The number of likely N-dealkylation sites (N-methyl/N-ethyl adjacent to an activating group) is 1. The first-order valence-corrected chi connectivity index (χ1v) is 21.5. The molecule has 0 aromatic carbocycles. The third-order valence-electron chi connectivity index (χ3n) is 9.51. The van der Waals surface area contributed by atoms with Gasteiger partial charge in [-0.25, -0.2) is 0 Å². The lowest BCUT2D eigenvalue weighted by molar-refractivity contribution is -0.889. The van der Waals surface area contributed by atoms with Crippen LogP contribution in [0.25, 0.3) is 0 Å². The van der Waals surface area contributed by atoms with Crippen LogP contribution in [0, 0.1) is 0 Å². The first-order valence-electron chi connectivity index (χ1n) is 21.5. The van der Waals surface area contributed by atoms with Crippen molar-refractivity contribution in [3.05, 3.63) is 36.5 Å². The van der Waals surface area contributed by atoms with E-state index in [1.165, 1.54) is 96.3 Å². The largest absolute Gasteiger partial charge is 0.544 e. The predicted molar refractivity (Wildman–Crippen MR) is 217 cm³/mol. The maximum Gasteiger partial charge on any atom is 0.306 e. The number of esters is 2. The minimum atomic E-state index is -1.13. The molecule has 8 heteroatoms. The summed E-state index contributed by atoms with van der Waals surface area (Å²) >= 11 is 0. The van der Waals surface area contributed by atoms with E-state index in [0.717, 1.165) is 44.9 Å². The van der Waals surface area contributed by atoms with E-state index in [0.29, 0.717) is 12.8 Å². The smallest absolute Gasteiger partial charge is 0.306 e. The molecule has 8 nitrogen and oxygen atoms in total. The van der Waals surface area contributed by atoms with Crippen molar-refractivity contribution in [1.29, 1.82) is 0 Å². The molecule has 0 saturated carbocycles. The summed E-state index contributed by atoms with van der Waals surface area (Å²) < 4.78 is 17.1. The summed E-state index contributed by atoms with van der Waals surface area (Å²) in [6.07, 6.45) is 40.4. The average molecular weight is 748 g/mol. The number of nitrogens with zero attached hydrogens (tertiary/aromatic N) is 1. The number of hydrogen-bond donors (Lipinski definition) is 0. The summed E-state index contributed by atoms with van der Waals surface area (Å²) in [6.45, 7) is 4.58. The summed E-state index contributed by atoms with van der Waals surface area (Å²) in [5.74, 6) is -1.83. The van der Waals surface area contributed by atoms with E-state index in [1.807, 2.05) is 6.08 Å². The Hall–Kier alpha value is -2.45. The van der Waals surface area contributed by atoms with Crippen LogP contribution in [-0.2, 0) is 28.6 Å². The van der Waals surface area contributed by atoms with E-state index >= 15 is 0 Å². The van der Waals surface area contributed by atoms with E-state index in [4.69, 9.17) is 14.2 Å². The Kier molecular flexibility index (Phi) is 34.8. The molecule has 0 saturated heterocycles. The molecular formula is C45H81NO7. The lowest BCUT2D eigenvalue weighted by Crippen LogP contribution is -2.55. The molecule has 0 radical (unpaired) electrons. The van der Waals surface area contributed by atoms with Crippen LogP contribution in [0.5, 0.6) is 0 Å². The van der Waals surface area contributed by atoms with Gasteiger partial charge in [-0.2, -0.15) is 0 Å². The van der Waals surface area contributed by atoms with Crippen molar-refractivity contribution in [1.82, 2.24) is 0 Å². The zero-order valence-corrected chi connectivity index (χ0v) is 34.9. The lowest BCUT2D eigenvalue weighted by Gasteiger charge is -2.34. The zero-order chi connectivity index (χ0) is 39.3. The number of hydrogen-bond acceptors (Lipinski definition) is 7. The molecule has 0 spiro atoms. The molecule has 0 bridgehead atoms. The minimum Gasteiger partial charge on any atom is -0.544 e. The number of unbranched alkanes of at least 4 members (excludes halogenated alkanes) is 18. The number of quaternary nitrogens is 1. The standard InChI is InChI=1S/C45H81NO7/c1-6-8-10-12-14-16-18-20-21-22-24-26-28-30-32-34-36-44(48)53-41(39-51-38-37-42(45(49)50)46(3,4)5)40-52-43(47)35-33-31-29-27-25-23-19-17-15-13-11-9-7-2/h21-23,25,29,31,41-42H,6-20,24,26-28,30,32-40H2,1-5H3/b22-21+,25-23+,31-29+. The molecule has 0 N–H and O–H groups in total. The van der Waals surface area contributed by atoms with Crippen LogP contribution in [0.3, 0.4) is 0 Å². The quantitative estimate of drug-likeness (QED) is 0.0268. The molecule has 0 aliphatic carbocycles. The maximum atomic E-state index is 12.7. The normalized spacial score (nSPS) is 13.3. The van der Waals surface area contributed by atoms with Gasteiger partial charge in [0.1, 0.15) is 12.6 Å². The maximum absolute atomic E-state index is 12.7. The van der Waals surface area contributed by atoms with Crippen molar-refractivity contribution < 1.29 is 38.2 Å². The van der Waals surface area contributed by atoms with Gasteiger partial charge in [0.2, 0.25) is 0 Å². The Balaban J connectivity index is 4.44. The highest BCUT2D eigenvalue weighted by Gasteiger charge is 2.25. The molecule has 0 aromatic heterocycles. The van der Waals surface area contributed by atoms with Gasteiger partial charge in [0.25, 0.3) is 0 Å². The number of allylic oxidation sites excluding steroid dienone is 6. The average Bonchev–Trinajstić information content (AvgIpc) is 3.11. The molecule has 0 amide bonds. The molecule has 2 atom stereocenters. The molecule has 53 heavy (non-hydrogen) atoms. The van der Waals surface area contributed by atoms with Crippen LogP contribution < -0.4 is 5.11 Å². The van der Waals surface area contributed by atoms with Crippen molar-refractivity contribution in [2.75, 3.05) is 41.0 Å². The van der Waals surface area contributed by atoms with Crippen LogP contribution in [0.1, 0.15) is 181 Å². The molecule has 0 aliphatic heterocycles. The zero-order valence-electron chi connectivity index (χ0n) is 34.9.